The summed E-state index contributed by atoms with van der Waals surface area (Å²) in [6.07, 6.45) is 0.514. The first-order chi connectivity index (χ1) is 9.51. The van der Waals surface area contributed by atoms with Gasteiger partial charge in [-0.15, -0.1) is 0 Å². The van der Waals surface area contributed by atoms with Gasteiger partial charge in [0.2, 0.25) is 5.91 Å². The van der Waals surface area contributed by atoms with E-state index in [2.05, 4.69) is 5.32 Å². The minimum absolute atomic E-state index is 0.0329. The van der Waals surface area contributed by atoms with Gasteiger partial charge in [0.05, 0.1) is 25.4 Å². The number of aliphatic hydroxyl groups is 1. The number of amides is 1. The standard InChI is InChI=1S/C15H23NO4/c1-3-15(19)16-13(10-20-9-11(2)17)8-12-4-6-14(18)7-5-12/h4-7,11,13,17-18H,3,8-10H2,1-2H3,(H,16,19). The molecule has 1 amide bonds. The third-order valence-electron chi connectivity index (χ3n) is 2.78. The molecular formula is C15H23NO4. The van der Waals surface area contributed by atoms with Crippen molar-refractivity contribution < 1.29 is 19.7 Å². The molecule has 0 heterocycles. The van der Waals surface area contributed by atoms with E-state index in [-0.39, 0.29) is 24.3 Å². The van der Waals surface area contributed by atoms with Gasteiger partial charge in [-0.2, -0.15) is 0 Å². The maximum Gasteiger partial charge on any atom is 0.220 e. The minimum Gasteiger partial charge on any atom is -0.508 e. The van der Waals surface area contributed by atoms with Gasteiger partial charge < -0.3 is 20.3 Å². The Morgan fingerprint density at radius 1 is 1.30 bits per heavy atom. The summed E-state index contributed by atoms with van der Waals surface area (Å²) < 4.78 is 5.38. The summed E-state index contributed by atoms with van der Waals surface area (Å²) in [6, 6.07) is 6.71. The van der Waals surface area contributed by atoms with Gasteiger partial charge in [0.1, 0.15) is 5.75 Å². The van der Waals surface area contributed by atoms with E-state index in [1.165, 1.54) is 0 Å². The number of carbonyl (C=O) groups is 1. The van der Waals surface area contributed by atoms with E-state index in [9.17, 15) is 15.0 Å². The highest BCUT2D eigenvalue weighted by molar-refractivity contribution is 5.75. The van der Waals surface area contributed by atoms with Crippen LogP contribution >= 0.6 is 0 Å². The van der Waals surface area contributed by atoms with Crippen molar-refractivity contribution >= 4 is 5.91 Å². The van der Waals surface area contributed by atoms with E-state index >= 15 is 0 Å². The normalized spacial score (nSPS) is 13.8. The van der Waals surface area contributed by atoms with Crippen LogP contribution in [0.25, 0.3) is 0 Å². The third-order valence-corrected chi connectivity index (χ3v) is 2.78. The van der Waals surface area contributed by atoms with Crippen LogP contribution in [0.5, 0.6) is 5.75 Å². The van der Waals surface area contributed by atoms with Gasteiger partial charge in [0.15, 0.2) is 0 Å². The number of benzene rings is 1. The van der Waals surface area contributed by atoms with Crippen LogP contribution in [0.3, 0.4) is 0 Å². The van der Waals surface area contributed by atoms with Crippen LogP contribution in [0.15, 0.2) is 24.3 Å². The highest BCUT2D eigenvalue weighted by atomic mass is 16.5. The molecule has 2 unspecified atom stereocenters. The second-order valence-electron chi connectivity index (χ2n) is 4.88. The molecule has 0 radical (unpaired) electrons. The molecule has 0 fully saturated rings. The van der Waals surface area contributed by atoms with Crippen molar-refractivity contribution in [3.05, 3.63) is 29.8 Å². The van der Waals surface area contributed by atoms with Crippen molar-refractivity contribution in [3.8, 4) is 5.75 Å². The molecule has 0 spiro atoms. The Labute approximate surface area is 119 Å². The van der Waals surface area contributed by atoms with Gasteiger partial charge in [-0.05, 0) is 31.0 Å². The van der Waals surface area contributed by atoms with E-state index in [1.54, 1.807) is 26.0 Å². The fourth-order valence-electron chi connectivity index (χ4n) is 1.78. The third kappa shape index (κ3) is 6.54. The molecule has 0 aliphatic carbocycles. The van der Waals surface area contributed by atoms with Gasteiger partial charge in [-0.25, -0.2) is 0 Å². The first-order valence-corrected chi connectivity index (χ1v) is 6.84. The van der Waals surface area contributed by atoms with Gasteiger partial charge in [-0.1, -0.05) is 19.1 Å². The van der Waals surface area contributed by atoms with Crippen LogP contribution in [0.2, 0.25) is 0 Å². The molecule has 20 heavy (non-hydrogen) atoms. The van der Waals surface area contributed by atoms with E-state index < -0.39 is 6.10 Å². The van der Waals surface area contributed by atoms with E-state index in [0.717, 1.165) is 5.56 Å². The zero-order valence-corrected chi connectivity index (χ0v) is 12.0. The Bertz CT molecular complexity index is 403. The first kappa shape index (κ1) is 16.5. The summed E-state index contributed by atoms with van der Waals surface area (Å²) in [6.45, 7) is 4.04. The largest absolute Gasteiger partial charge is 0.508 e. The van der Waals surface area contributed by atoms with Gasteiger partial charge in [0, 0.05) is 6.42 Å². The second kappa shape index (κ2) is 8.55. The number of aromatic hydroxyl groups is 1. The SMILES string of the molecule is CCC(=O)NC(COCC(C)O)Cc1ccc(O)cc1. The van der Waals surface area contributed by atoms with Crippen molar-refractivity contribution in [1.82, 2.24) is 5.32 Å². The fraction of sp³-hybridized carbons (Fsp3) is 0.533. The molecule has 2 atom stereocenters. The van der Waals surface area contributed by atoms with Crippen LogP contribution in [-0.4, -0.2) is 41.5 Å². The number of ether oxygens (including phenoxy) is 1. The summed E-state index contributed by atoms with van der Waals surface area (Å²) in [5.74, 6) is 0.183. The van der Waals surface area contributed by atoms with Crippen LogP contribution in [0, 0.1) is 0 Å². The summed E-state index contributed by atoms with van der Waals surface area (Å²) in [4.78, 5) is 11.5. The van der Waals surface area contributed by atoms with E-state index in [0.29, 0.717) is 19.4 Å². The van der Waals surface area contributed by atoms with E-state index in [1.807, 2.05) is 12.1 Å². The smallest absolute Gasteiger partial charge is 0.220 e. The Kier molecular flexibility index (Phi) is 7.04. The number of carbonyl (C=O) groups excluding carboxylic acids is 1. The topological polar surface area (TPSA) is 78.8 Å². The maximum atomic E-state index is 11.5. The summed E-state index contributed by atoms with van der Waals surface area (Å²) in [5, 5.41) is 21.3. The second-order valence-corrected chi connectivity index (χ2v) is 4.88. The van der Waals surface area contributed by atoms with Crippen LogP contribution < -0.4 is 5.32 Å². The molecule has 0 aliphatic rings. The van der Waals surface area contributed by atoms with Crippen molar-refractivity contribution in [1.29, 1.82) is 0 Å². The average molecular weight is 281 g/mol. The van der Waals surface area contributed by atoms with Gasteiger partial charge >= 0.3 is 0 Å². The van der Waals surface area contributed by atoms with Crippen molar-refractivity contribution in [2.24, 2.45) is 0 Å². The zero-order valence-electron chi connectivity index (χ0n) is 12.0. The highest BCUT2D eigenvalue weighted by Crippen LogP contribution is 2.11. The van der Waals surface area contributed by atoms with Gasteiger partial charge in [-0.3, -0.25) is 4.79 Å². The van der Waals surface area contributed by atoms with Crippen LogP contribution in [0.4, 0.5) is 0 Å². The lowest BCUT2D eigenvalue weighted by Gasteiger charge is -2.19. The quantitative estimate of drug-likeness (QED) is 0.669. The lowest BCUT2D eigenvalue weighted by molar-refractivity contribution is -0.122. The van der Waals surface area contributed by atoms with Gasteiger partial charge in [0.25, 0.3) is 0 Å². The average Bonchev–Trinajstić information content (AvgIpc) is 2.40. The van der Waals surface area contributed by atoms with Crippen molar-refractivity contribution in [2.45, 2.75) is 38.8 Å². The minimum atomic E-state index is -0.522. The van der Waals surface area contributed by atoms with Crippen LogP contribution in [-0.2, 0) is 16.0 Å². The first-order valence-electron chi connectivity index (χ1n) is 6.84. The molecule has 0 saturated heterocycles. The number of nitrogens with one attached hydrogen (secondary N) is 1. The lowest BCUT2D eigenvalue weighted by Crippen LogP contribution is -2.40. The molecule has 5 heteroatoms. The number of phenols is 1. The monoisotopic (exact) mass is 281 g/mol. The Hall–Kier alpha value is -1.59. The zero-order chi connectivity index (χ0) is 15.0. The molecule has 1 aromatic rings. The molecule has 1 rings (SSSR count). The Balaban J connectivity index is 2.56. The number of aliphatic hydroxyl groups excluding tert-OH is 1. The number of phenolic OH excluding ortho intramolecular Hbond substituents is 1. The van der Waals surface area contributed by atoms with E-state index in [4.69, 9.17) is 4.74 Å². The molecule has 0 saturated carbocycles. The van der Waals surface area contributed by atoms with Crippen molar-refractivity contribution in [2.75, 3.05) is 13.2 Å². The predicted molar refractivity (Wildman–Crippen MR) is 76.5 cm³/mol. The maximum absolute atomic E-state index is 11.5. The number of rotatable bonds is 8. The molecule has 3 N–H and O–H groups in total. The molecule has 0 aliphatic heterocycles. The molecule has 0 bridgehead atoms. The Morgan fingerprint density at radius 2 is 1.95 bits per heavy atom. The van der Waals surface area contributed by atoms with Crippen LogP contribution in [0.1, 0.15) is 25.8 Å². The Morgan fingerprint density at radius 3 is 2.50 bits per heavy atom. The molecular weight excluding hydrogens is 258 g/mol. The number of hydrogen-bond acceptors (Lipinski definition) is 4. The highest BCUT2D eigenvalue weighted by Gasteiger charge is 2.13. The summed E-state index contributed by atoms with van der Waals surface area (Å²) in [5.41, 5.74) is 1.00. The molecule has 1 aromatic carbocycles. The molecule has 112 valence electrons. The molecule has 5 nitrogen and oxygen atoms in total. The molecule has 0 aromatic heterocycles. The fourth-order valence-corrected chi connectivity index (χ4v) is 1.78. The number of hydrogen-bond donors (Lipinski definition) is 3. The predicted octanol–water partition coefficient (Wildman–Crippen LogP) is 1.23. The van der Waals surface area contributed by atoms with Crippen molar-refractivity contribution in [3.63, 3.8) is 0 Å². The summed E-state index contributed by atoms with van der Waals surface area (Å²) >= 11 is 0. The summed E-state index contributed by atoms with van der Waals surface area (Å²) in [7, 11) is 0. The lowest BCUT2D eigenvalue weighted by atomic mass is 10.1.